The van der Waals surface area contributed by atoms with E-state index >= 15 is 0 Å². The van der Waals surface area contributed by atoms with Crippen LogP contribution in [0.5, 0.6) is 0 Å². The Morgan fingerprint density at radius 2 is 2.09 bits per heavy atom. The van der Waals surface area contributed by atoms with Crippen LogP contribution in [0.25, 0.3) is 0 Å². The highest BCUT2D eigenvalue weighted by molar-refractivity contribution is 6.35. The van der Waals surface area contributed by atoms with Crippen molar-refractivity contribution in [1.82, 2.24) is 19.9 Å². The van der Waals surface area contributed by atoms with Crippen molar-refractivity contribution in [2.75, 3.05) is 6.54 Å². The van der Waals surface area contributed by atoms with E-state index < -0.39 is 0 Å². The lowest BCUT2D eigenvalue weighted by Gasteiger charge is -2.29. The van der Waals surface area contributed by atoms with Crippen molar-refractivity contribution < 1.29 is 9.59 Å². The normalized spacial score (nSPS) is 13.8. The third-order valence-electron chi connectivity index (χ3n) is 3.79. The highest BCUT2D eigenvalue weighted by Crippen LogP contribution is 2.29. The van der Waals surface area contributed by atoms with Gasteiger partial charge in [-0.3, -0.25) is 9.59 Å². The van der Waals surface area contributed by atoms with Crippen LogP contribution in [0, 0.1) is 0 Å². The largest absolute Gasteiger partial charge is 0.336 e. The lowest BCUT2D eigenvalue weighted by Crippen LogP contribution is -2.38. The summed E-state index contributed by atoms with van der Waals surface area (Å²) in [4.78, 5) is 25.4. The molecule has 0 saturated carbocycles. The Kier molecular flexibility index (Phi) is 4.37. The Morgan fingerprint density at radius 3 is 2.78 bits per heavy atom. The molecule has 23 heavy (non-hydrogen) atoms. The lowest BCUT2D eigenvalue weighted by molar-refractivity contribution is -0.133. The van der Waals surface area contributed by atoms with Gasteiger partial charge in [-0.25, -0.2) is 4.68 Å². The first-order chi connectivity index (χ1) is 10.9. The van der Waals surface area contributed by atoms with Gasteiger partial charge in [0.05, 0.1) is 6.20 Å². The monoisotopic (exact) mass is 352 g/mol. The van der Waals surface area contributed by atoms with Gasteiger partial charge in [-0.1, -0.05) is 28.4 Å². The maximum atomic E-state index is 12.4. The number of carbonyl (C=O) groups is 2. The average Bonchev–Trinajstić information content (AvgIpc) is 2.95. The van der Waals surface area contributed by atoms with E-state index in [1.807, 2.05) is 6.07 Å². The van der Waals surface area contributed by atoms with E-state index in [0.29, 0.717) is 29.6 Å². The summed E-state index contributed by atoms with van der Waals surface area (Å²) in [6.45, 7) is 2.50. The van der Waals surface area contributed by atoms with Crippen molar-refractivity contribution in [2.45, 2.75) is 26.4 Å². The van der Waals surface area contributed by atoms with Crippen LogP contribution in [0.1, 0.15) is 28.5 Å². The van der Waals surface area contributed by atoms with Crippen molar-refractivity contribution in [2.24, 2.45) is 0 Å². The van der Waals surface area contributed by atoms with E-state index in [4.69, 9.17) is 23.2 Å². The molecule has 1 aliphatic rings. The molecule has 3 rings (SSSR count). The number of benzene rings is 1. The number of ketones is 1. The predicted octanol–water partition coefficient (Wildman–Crippen LogP) is 2.37. The number of nitrogens with zero attached hydrogens (tertiary/aromatic N) is 4. The molecule has 120 valence electrons. The average molecular weight is 353 g/mol. The zero-order chi connectivity index (χ0) is 16.6. The molecule has 0 aliphatic carbocycles. The summed E-state index contributed by atoms with van der Waals surface area (Å²) in [5, 5.41) is 8.73. The molecule has 2 heterocycles. The first kappa shape index (κ1) is 16.0. The van der Waals surface area contributed by atoms with Gasteiger partial charge in [-0.2, -0.15) is 0 Å². The smallest absolute Gasteiger partial charge is 0.244 e. The van der Waals surface area contributed by atoms with E-state index in [9.17, 15) is 9.59 Å². The van der Waals surface area contributed by atoms with Crippen molar-refractivity contribution in [3.05, 3.63) is 45.2 Å². The summed E-state index contributed by atoms with van der Waals surface area (Å²) in [5.41, 5.74) is 2.25. The fourth-order valence-electron chi connectivity index (χ4n) is 2.60. The quantitative estimate of drug-likeness (QED) is 0.795. The van der Waals surface area contributed by atoms with Crippen LogP contribution >= 0.6 is 23.2 Å². The zero-order valence-electron chi connectivity index (χ0n) is 12.4. The fraction of sp³-hybridized carbons (Fsp3) is 0.333. The van der Waals surface area contributed by atoms with Crippen LogP contribution in [0.15, 0.2) is 18.3 Å². The number of carbonyl (C=O) groups excluding carboxylic acids is 2. The van der Waals surface area contributed by atoms with E-state index in [2.05, 4.69) is 10.3 Å². The van der Waals surface area contributed by atoms with Crippen LogP contribution in [0.2, 0.25) is 10.0 Å². The summed E-state index contributed by atoms with van der Waals surface area (Å²) >= 11 is 12.2. The number of fused-ring (bicyclic) bond motifs is 1. The second-order valence-corrected chi connectivity index (χ2v) is 6.29. The van der Waals surface area contributed by atoms with Crippen LogP contribution in [0.3, 0.4) is 0 Å². The van der Waals surface area contributed by atoms with E-state index in [1.54, 1.807) is 11.0 Å². The maximum absolute atomic E-state index is 12.4. The van der Waals surface area contributed by atoms with Gasteiger partial charge in [0, 0.05) is 30.1 Å². The topological polar surface area (TPSA) is 68.1 Å². The molecule has 0 N–H and O–H groups in total. The van der Waals surface area contributed by atoms with Gasteiger partial charge in [-0.05, 0) is 29.7 Å². The minimum absolute atomic E-state index is 0.0455. The Morgan fingerprint density at radius 1 is 1.30 bits per heavy atom. The first-order valence-electron chi connectivity index (χ1n) is 7.09. The molecule has 1 aliphatic heterocycles. The van der Waals surface area contributed by atoms with Gasteiger partial charge in [0.1, 0.15) is 12.2 Å². The summed E-state index contributed by atoms with van der Waals surface area (Å²) in [6.07, 6.45) is 2.17. The summed E-state index contributed by atoms with van der Waals surface area (Å²) < 4.78 is 1.37. The Bertz CT molecular complexity index is 788. The molecule has 1 aromatic carbocycles. The molecule has 0 saturated heterocycles. The lowest BCUT2D eigenvalue weighted by atomic mass is 9.99. The number of hydrogen-bond acceptors (Lipinski definition) is 4. The Hall–Kier alpha value is -1.92. The Balaban J connectivity index is 1.72. The van der Waals surface area contributed by atoms with E-state index in [0.717, 1.165) is 11.1 Å². The van der Waals surface area contributed by atoms with Gasteiger partial charge in [0.2, 0.25) is 5.91 Å². The van der Waals surface area contributed by atoms with Gasteiger partial charge in [0.25, 0.3) is 0 Å². The van der Waals surface area contributed by atoms with Crippen molar-refractivity contribution in [1.29, 1.82) is 0 Å². The molecule has 0 fully saturated rings. The second kappa shape index (κ2) is 6.29. The number of amides is 1. The molecule has 2 aromatic rings. The minimum Gasteiger partial charge on any atom is -0.336 e. The van der Waals surface area contributed by atoms with Crippen LogP contribution in [0.4, 0.5) is 0 Å². The van der Waals surface area contributed by atoms with Crippen LogP contribution in [-0.2, 0) is 24.3 Å². The fourth-order valence-corrected chi connectivity index (χ4v) is 3.23. The third kappa shape index (κ3) is 3.38. The molecular weight excluding hydrogens is 339 g/mol. The second-order valence-electron chi connectivity index (χ2n) is 5.45. The van der Waals surface area contributed by atoms with Crippen molar-refractivity contribution in [3.8, 4) is 0 Å². The standard InChI is InChI=1S/C15H14Cl2N4O2/c1-9(22)14-7-21(19-18-14)8-15(23)20-3-2-12-10(6-20)4-11(16)5-13(12)17/h4-5,7H,2-3,6,8H2,1H3. The molecule has 0 spiro atoms. The number of Topliss-reactive ketones (excluding diaryl/α,β-unsaturated/α-hetero) is 1. The van der Waals surface area contributed by atoms with E-state index in [-0.39, 0.29) is 23.9 Å². The van der Waals surface area contributed by atoms with Gasteiger partial charge in [0.15, 0.2) is 5.78 Å². The third-order valence-corrected chi connectivity index (χ3v) is 4.35. The molecule has 0 atom stereocenters. The molecule has 1 aromatic heterocycles. The number of aromatic nitrogens is 3. The highest BCUT2D eigenvalue weighted by Gasteiger charge is 2.23. The molecule has 6 nitrogen and oxygen atoms in total. The Labute approximate surface area is 143 Å². The molecular formula is C15H14Cl2N4O2. The summed E-state index contributed by atoms with van der Waals surface area (Å²) in [5.74, 6) is -0.272. The minimum atomic E-state index is -0.181. The predicted molar refractivity (Wildman–Crippen MR) is 85.6 cm³/mol. The number of hydrogen-bond donors (Lipinski definition) is 0. The SMILES string of the molecule is CC(=O)c1cn(CC(=O)N2CCc3c(Cl)cc(Cl)cc3C2)nn1. The summed E-state index contributed by atoms with van der Waals surface area (Å²) in [6, 6.07) is 3.56. The van der Waals surface area contributed by atoms with Crippen LogP contribution in [-0.4, -0.2) is 38.1 Å². The zero-order valence-corrected chi connectivity index (χ0v) is 13.9. The van der Waals surface area contributed by atoms with Gasteiger partial charge < -0.3 is 4.90 Å². The molecule has 0 radical (unpaired) electrons. The number of halogens is 2. The molecule has 0 bridgehead atoms. The van der Waals surface area contributed by atoms with Crippen molar-refractivity contribution >= 4 is 34.9 Å². The highest BCUT2D eigenvalue weighted by atomic mass is 35.5. The molecule has 0 unspecified atom stereocenters. The first-order valence-corrected chi connectivity index (χ1v) is 7.85. The number of rotatable bonds is 3. The summed E-state index contributed by atoms with van der Waals surface area (Å²) in [7, 11) is 0. The maximum Gasteiger partial charge on any atom is 0.244 e. The molecule has 8 heteroatoms. The van der Waals surface area contributed by atoms with Crippen molar-refractivity contribution in [3.63, 3.8) is 0 Å². The molecule has 1 amide bonds. The van der Waals surface area contributed by atoms with Crippen LogP contribution < -0.4 is 0 Å². The van der Waals surface area contributed by atoms with Gasteiger partial charge >= 0.3 is 0 Å². The van der Waals surface area contributed by atoms with Gasteiger partial charge in [-0.15, -0.1) is 5.10 Å². The van der Waals surface area contributed by atoms with E-state index in [1.165, 1.54) is 17.8 Å².